The molecule has 0 aliphatic carbocycles. The van der Waals surface area contributed by atoms with Gasteiger partial charge in [0.25, 0.3) is 5.91 Å². The second-order valence-corrected chi connectivity index (χ2v) is 5.45. The van der Waals surface area contributed by atoms with E-state index in [1.165, 1.54) is 24.4 Å². The van der Waals surface area contributed by atoms with Crippen LogP contribution in [-0.4, -0.2) is 46.2 Å². The fourth-order valence-corrected chi connectivity index (χ4v) is 2.28. The summed E-state index contributed by atoms with van der Waals surface area (Å²) in [6.07, 6.45) is -1.18. The minimum atomic E-state index is -4.38. The molecule has 134 valence electrons. The number of pyridine rings is 1. The summed E-state index contributed by atoms with van der Waals surface area (Å²) in [6.45, 7) is -0.139. The lowest BCUT2D eigenvalue weighted by atomic mass is 10.2. The average Bonchev–Trinajstić information content (AvgIpc) is 3.18. The van der Waals surface area contributed by atoms with Crippen LogP contribution < -0.4 is 10.1 Å². The number of nitrogens with one attached hydrogen (secondary N) is 1. The van der Waals surface area contributed by atoms with Crippen LogP contribution in [0.1, 0.15) is 16.8 Å². The lowest BCUT2D eigenvalue weighted by Crippen LogP contribution is -2.19. The van der Waals surface area contributed by atoms with E-state index in [9.17, 15) is 18.0 Å². The number of ether oxygens (including phenoxy) is 2. The van der Waals surface area contributed by atoms with Gasteiger partial charge < -0.3 is 14.8 Å². The highest BCUT2D eigenvalue weighted by molar-refractivity contribution is 6.03. The number of amides is 1. The first-order chi connectivity index (χ1) is 11.9. The highest BCUT2D eigenvalue weighted by Gasteiger charge is 2.28. The first kappa shape index (κ1) is 17.2. The number of aromatic nitrogens is 3. The smallest absolute Gasteiger partial charge is 0.408 e. The quantitative estimate of drug-likeness (QED) is 0.889. The first-order valence-corrected chi connectivity index (χ1v) is 7.51. The molecular formula is C15H15F3N4O3. The van der Waals surface area contributed by atoms with Gasteiger partial charge in [0.1, 0.15) is 12.6 Å². The Morgan fingerprint density at radius 3 is 3.00 bits per heavy atom. The van der Waals surface area contributed by atoms with E-state index in [0.717, 1.165) is 12.6 Å². The Balaban J connectivity index is 1.63. The van der Waals surface area contributed by atoms with Crippen molar-refractivity contribution in [3.8, 4) is 5.88 Å². The van der Waals surface area contributed by atoms with Gasteiger partial charge in [-0.25, -0.2) is 4.98 Å². The van der Waals surface area contributed by atoms with Crippen molar-refractivity contribution in [3.63, 3.8) is 0 Å². The summed E-state index contributed by atoms with van der Waals surface area (Å²) in [5, 5.41) is 6.11. The van der Waals surface area contributed by atoms with Crippen LogP contribution in [-0.2, 0) is 11.3 Å². The number of halogens is 3. The summed E-state index contributed by atoms with van der Waals surface area (Å²) in [7, 11) is 0. The molecule has 1 amide bonds. The van der Waals surface area contributed by atoms with Crippen molar-refractivity contribution in [2.45, 2.75) is 25.2 Å². The van der Waals surface area contributed by atoms with Crippen LogP contribution in [0.4, 0.5) is 19.0 Å². The van der Waals surface area contributed by atoms with Crippen molar-refractivity contribution in [1.29, 1.82) is 0 Å². The zero-order valence-electron chi connectivity index (χ0n) is 13.0. The van der Waals surface area contributed by atoms with Crippen LogP contribution in [0.2, 0.25) is 0 Å². The second-order valence-electron chi connectivity index (χ2n) is 5.45. The maximum absolute atomic E-state index is 12.3. The lowest BCUT2D eigenvalue weighted by Gasteiger charge is -2.11. The Bertz CT molecular complexity index is 742. The molecule has 0 aromatic carbocycles. The third kappa shape index (κ3) is 4.92. The number of carbonyl (C=O) groups excluding carboxylic acids is 1. The van der Waals surface area contributed by atoms with Crippen molar-refractivity contribution < 1.29 is 27.4 Å². The molecule has 25 heavy (non-hydrogen) atoms. The zero-order chi connectivity index (χ0) is 17.9. The van der Waals surface area contributed by atoms with E-state index in [-0.39, 0.29) is 23.4 Å². The fraction of sp³-hybridized carbons (Fsp3) is 0.400. The number of hydrogen-bond donors (Lipinski definition) is 1. The van der Waals surface area contributed by atoms with Gasteiger partial charge in [-0.2, -0.15) is 18.3 Å². The largest absolute Gasteiger partial charge is 0.472 e. The SMILES string of the molecule is O=C(Nc1ccn(CC(F)(F)F)n1)c1ccnc(O[C@@H]2CCOC2)c1. The van der Waals surface area contributed by atoms with E-state index in [0.29, 0.717) is 17.9 Å². The van der Waals surface area contributed by atoms with Gasteiger partial charge in [0, 0.05) is 36.5 Å². The van der Waals surface area contributed by atoms with Gasteiger partial charge in [0.05, 0.1) is 13.2 Å². The Morgan fingerprint density at radius 1 is 1.44 bits per heavy atom. The summed E-state index contributed by atoms with van der Waals surface area (Å²) in [5.41, 5.74) is 0.259. The molecule has 0 saturated carbocycles. The normalized spacial score (nSPS) is 17.5. The average molecular weight is 356 g/mol. The lowest BCUT2D eigenvalue weighted by molar-refractivity contribution is -0.142. The highest BCUT2D eigenvalue weighted by Crippen LogP contribution is 2.19. The summed E-state index contributed by atoms with van der Waals surface area (Å²) in [4.78, 5) is 16.2. The Hall–Kier alpha value is -2.62. The molecule has 1 aliphatic heterocycles. The molecule has 7 nitrogen and oxygen atoms in total. The number of anilines is 1. The predicted molar refractivity (Wildman–Crippen MR) is 80.3 cm³/mol. The van der Waals surface area contributed by atoms with Crippen molar-refractivity contribution in [2.24, 2.45) is 0 Å². The van der Waals surface area contributed by atoms with Crippen LogP contribution in [0.15, 0.2) is 30.6 Å². The van der Waals surface area contributed by atoms with E-state index < -0.39 is 18.6 Å². The predicted octanol–water partition coefficient (Wildman–Crippen LogP) is 2.26. The third-order valence-corrected chi connectivity index (χ3v) is 3.40. The van der Waals surface area contributed by atoms with Gasteiger partial charge >= 0.3 is 6.18 Å². The highest BCUT2D eigenvalue weighted by atomic mass is 19.4. The van der Waals surface area contributed by atoms with Gasteiger partial charge in [-0.1, -0.05) is 0 Å². The molecule has 1 fully saturated rings. The van der Waals surface area contributed by atoms with Crippen molar-refractivity contribution in [2.75, 3.05) is 18.5 Å². The number of carbonyl (C=O) groups is 1. The molecule has 2 aromatic heterocycles. The molecule has 0 spiro atoms. The topological polar surface area (TPSA) is 78.3 Å². The molecule has 1 N–H and O–H groups in total. The van der Waals surface area contributed by atoms with Gasteiger partial charge in [0.2, 0.25) is 5.88 Å². The Kier molecular flexibility index (Phi) is 4.88. The molecular weight excluding hydrogens is 341 g/mol. The van der Waals surface area contributed by atoms with Crippen LogP contribution in [0.3, 0.4) is 0 Å². The van der Waals surface area contributed by atoms with Crippen molar-refractivity contribution in [1.82, 2.24) is 14.8 Å². The third-order valence-electron chi connectivity index (χ3n) is 3.40. The Morgan fingerprint density at radius 2 is 2.28 bits per heavy atom. The first-order valence-electron chi connectivity index (χ1n) is 7.51. The minimum Gasteiger partial charge on any atom is -0.472 e. The van der Waals surface area contributed by atoms with E-state index in [1.807, 2.05) is 0 Å². The van der Waals surface area contributed by atoms with Crippen molar-refractivity contribution in [3.05, 3.63) is 36.2 Å². The van der Waals surface area contributed by atoms with Crippen LogP contribution in [0.25, 0.3) is 0 Å². The number of rotatable bonds is 5. The van der Waals surface area contributed by atoms with Crippen LogP contribution in [0.5, 0.6) is 5.88 Å². The van der Waals surface area contributed by atoms with Crippen LogP contribution in [0, 0.1) is 0 Å². The monoisotopic (exact) mass is 356 g/mol. The van der Waals surface area contributed by atoms with E-state index in [2.05, 4.69) is 15.4 Å². The molecule has 0 unspecified atom stereocenters. The van der Waals surface area contributed by atoms with Gasteiger partial charge in [-0.15, -0.1) is 0 Å². The van der Waals surface area contributed by atoms with Gasteiger partial charge in [-0.05, 0) is 6.07 Å². The summed E-state index contributed by atoms with van der Waals surface area (Å²) in [6, 6.07) is 4.22. The van der Waals surface area contributed by atoms with Gasteiger partial charge in [-0.3, -0.25) is 9.48 Å². The maximum Gasteiger partial charge on any atom is 0.408 e. The molecule has 2 aromatic rings. The summed E-state index contributed by atoms with van der Waals surface area (Å²) in [5.74, 6) is -0.212. The zero-order valence-corrected chi connectivity index (χ0v) is 13.0. The number of hydrogen-bond acceptors (Lipinski definition) is 5. The molecule has 0 radical (unpaired) electrons. The molecule has 1 aliphatic rings. The molecule has 1 saturated heterocycles. The Labute approximate surface area is 140 Å². The van der Waals surface area contributed by atoms with Crippen molar-refractivity contribution >= 4 is 11.7 Å². The molecule has 3 rings (SSSR count). The van der Waals surface area contributed by atoms with E-state index in [1.54, 1.807) is 0 Å². The molecule has 10 heteroatoms. The molecule has 3 heterocycles. The standard InChI is InChI=1S/C15H15F3N4O3/c16-15(17,18)9-22-5-2-12(21-22)20-14(23)10-1-4-19-13(7-10)25-11-3-6-24-8-11/h1-2,4-5,7,11H,3,6,8-9H2,(H,20,21,23)/t11-/m1/s1. The van der Waals surface area contributed by atoms with Gasteiger partial charge in [0.15, 0.2) is 5.82 Å². The van der Waals surface area contributed by atoms with E-state index in [4.69, 9.17) is 9.47 Å². The fourth-order valence-electron chi connectivity index (χ4n) is 2.28. The second kappa shape index (κ2) is 7.09. The molecule has 0 bridgehead atoms. The summed E-state index contributed by atoms with van der Waals surface area (Å²) < 4.78 is 48.5. The number of nitrogens with zero attached hydrogens (tertiary/aromatic N) is 3. The summed E-state index contributed by atoms with van der Waals surface area (Å²) >= 11 is 0. The van der Waals surface area contributed by atoms with Crippen LogP contribution >= 0.6 is 0 Å². The van der Waals surface area contributed by atoms with E-state index >= 15 is 0 Å². The minimum absolute atomic E-state index is 0.0257. The maximum atomic E-state index is 12.3. The molecule has 1 atom stereocenters. The number of alkyl halides is 3.